The molecule has 0 atom stereocenters. The predicted molar refractivity (Wildman–Crippen MR) is 91.2 cm³/mol. The highest BCUT2D eigenvalue weighted by atomic mass is 16.6. The molecule has 21 heavy (non-hydrogen) atoms. The fourth-order valence-corrected chi connectivity index (χ4v) is 1.26. The largest absolute Gasteiger partial charge is 0.495 e. The van der Waals surface area contributed by atoms with Gasteiger partial charge >= 0.3 is 0 Å². The lowest BCUT2D eigenvalue weighted by Gasteiger charge is -2.02. The Labute approximate surface area is 130 Å². The summed E-state index contributed by atoms with van der Waals surface area (Å²) in [6.45, 7) is 11.1. The summed E-state index contributed by atoms with van der Waals surface area (Å²) in [6, 6.07) is 8.64. The van der Waals surface area contributed by atoms with Crippen molar-refractivity contribution in [2.24, 2.45) is 5.73 Å². The standard InChI is InChI=1S/C11H16.C2H5NO.C2H6O2.C2H6/c1-3-4-8-11-9-6-5-7-10(11)2;1-2(3)4;1-4-2-3;1-2/h5-7,9H,3-4,8H2,1-2H3;4H,1,3H2;3H,2H2,1H3;1-2H3. The van der Waals surface area contributed by atoms with E-state index in [-0.39, 0.29) is 12.7 Å². The van der Waals surface area contributed by atoms with Crippen LogP contribution in [0.2, 0.25) is 0 Å². The van der Waals surface area contributed by atoms with Crippen molar-refractivity contribution in [1.82, 2.24) is 0 Å². The lowest BCUT2D eigenvalue weighted by molar-refractivity contribution is 0.0325. The first-order valence-electron chi connectivity index (χ1n) is 7.27. The Morgan fingerprint density at radius 3 is 2.05 bits per heavy atom. The molecule has 4 nitrogen and oxygen atoms in total. The first kappa shape index (κ1) is 24.5. The Morgan fingerprint density at radius 2 is 1.71 bits per heavy atom. The third-order valence-electron chi connectivity index (χ3n) is 2.19. The van der Waals surface area contributed by atoms with Crippen LogP contribution >= 0.6 is 0 Å². The van der Waals surface area contributed by atoms with Gasteiger partial charge in [0.25, 0.3) is 0 Å². The number of unbranched alkanes of at least 4 members (excludes halogenated alkanes) is 1. The molecule has 4 heteroatoms. The molecule has 1 aromatic carbocycles. The molecule has 0 aromatic heterocycles. The van der Waals surface area contributed by atoms with Gasteiger partial charge in [-0.2, -0.15) is 0 Å². The number of hydrogen-bond donors (Lipinski definition) is 3. The Hall–Kier alpha value is -1.52. The van der Waals surface area contributed by atoms with Crippen LogP contribution in [0.1, 0.15) is 44.7 Å². The quantitative estimate of drug-likeness (QED) is 0.582. The molecule has 0 aliphatic carbocycles. The summed E-state index contributed by atoms with van der Waals surface area (Å²) in [5, 5.41) is 15.3. The van der Waals surface area contributed by atoms with Crippen molar-refractivity contribution < 1.29 is 14.9 Å². The number of methoxy groups -OCH3 is 1. The molecular weight excluding hydrogens is 266 g/mol. The van der Waals surface area contributed by atoms with Crippen LogP contribution < -0.4 is 5.73 Å². The highest BCUT2D eigenvalue weighted by Gasteiger charge is 1.94. The lowest BCUT2D eigenvalue weighted by Crippen LogP contribution is -1.88. The minimum Gasteiger partial charge on any atom is -0.495 e. The van der Waals surface area contributed by atoms with Crippen LogP contribution in [0.15, 0.2) is 36.7 Å². The Bertz CT molecular complexity index is 322. The number of benzene rings is 1. The van der Waals surface area contributed by atoms with Gasteiger partial charge in [-0.25, -0.2) is 0 Å². The SMILES string of the molecule is C=C(N)O.CC.CCCCc1ccccc1C.COCO. The average Bonchev–Trinajstić information content (AvgIpc) is 2.48. The number of rotatable bonds is 4. The normalized spacial score (nSPS) is 8.10. The fraction of sp³-hybridized carbons (Fsp3) is 0.529. The minimum atomic E-state index is -0.333. The summed E-state index contributed by atoms with van der Waals surface area (Å²) in [5.41, 5.74) is 7.41. The van der Waals surface area contributed by atoms with Gasteiger partial charge in [0, 0.05) is 7.11 Å². The smallest absolute Gasteiger partial charge is 0.173 e. The maximum Gasteiger partial charge on any atom is 0.173 e. The van der Waals surface area contributed by atoms with Crippen molar-refractivity contribution in [3.05, 3.63) is 47.9 Å². The van der Waals surface area contributed by atoms with E-state index in [9.17, 15) is 0 Å². The average molecular weight is 299 g/mol. The zero-order valence-corrected chi connectivity index (χ0v) is 14.2. The van der Waals surface area contributed by atoms with Crippen LogP contribution in [0, 0.1) is 6.92 Å². The van der Waals surface area contributed by atoms with Gasteiger partial charge in [0.2, 0.25) is 0 Å². The van der Waals surface area contributed by atoms with Crippen LogP contribution in [-0.2, 0) is 11.2 Å². The molecule has 0 heterocycles. The van der Waals surface area contributed by atoms with E-state index in [1.165, 1.54) is 37.5 Å². The third-order valence-corrected chi connectivity index (χ3v) is 2.19. The predicted octanol–water partition coefficient (Wildman–Crippen LogP) is 3.92. The zero-order chi connectivity index (χ0) is 17.1. The van der Waals surface area contributed by atoms with Crippen molar-refractivity contribution >= 4 is 0 Å². The second-order valence-corrected chi connectivity index (χ2v) is 3.94. The maximum atomic E-state index is 7.65. The monoisotopic (exact) mass is 299 g/mol. The van der Waals surface area contributed by atoms with E-state index < -0.39 is 0 Å². The van der Waals surface area contributed by atoms with E-state index >= 15 is 0 Å². The van der Waals surface area contributed by atoms with Crippen LogP contribution in [-0.4, -0.2) is 24.1 Å². The fourth-order valence-electron chi connectivity index (χ4n) is 1.26. The summed E-state index contributed by atoms with van der Waals surface area (Å²) in [6.07, 6.45) is 3.84. The number of hydrogen-bond acceptors (Lipinski definition) is 4. The maximum absolute atomic E-state index is 7.65. The molecule has 1 rings (SSSR count). The van der Waals surface area contributed by atoms with E-state index in [2.05, 4.69) is 55.2 Å². The Balaban J connectivity index is -0.000000271. The van der Waals surface area contributed by atoms with Crippen molar-refractivity contribution in [2.45, 2.75) is 47.0 Å². The molecule has 0 amide bonds. The van der Waals surface area contributed by atoms with E-state index in [1.54, 1.807) is 0 Å². The number of aliphatic hydroxyl groups is 2. The van der Waals surface area contributed by atoms with Crippen LogP contribution in [0.25, 0.3) is 0 Å². The Morgan fingerprint density at radius 1 is 1.29 bits per heavy atom. The van der Waals surface area contributed by atoms with Crippen molar-refractivity contribution in [3.63, 3.8) is 0 Å². The number of nitrogens with two attached hydrogens (primary N) is 1. The molecule has 0 spiro atoms. The van der Waals surface area contributed by atoms with E-state index in [4.69, 9.17) is 10.2 Å². The van der Waals surface area contributed by atoms with Crippen molar-refractivity contribution in [3.8, 4) is 0 Å². The number of aryl methyl sites for hydroxylation is 2. The molecule has 0 saturated heterocycles. The van der Waals surface area contributed by atoms with Gasteiger partial charge in [-0.05, 0) is 37.5 Å². The Kier molecular flexibility index (Phi) is 24.3. The minimum absolute atomic E-state index is 0.181. The first-order valence-corrected chi connectivity index (χ1v) is 7.27. The molecule has 4 N–H and O–H groups in total. The molecule has 0 aliphatic rings. The summed E-state index contributed by atoms with van der Waals surface area (Å²) in [5.74, 6) is -0.333. The number of ether oxygens (including phenoxy) is 1. The zero-order valence-electron chi connectivity index (χ0n) is 14.2. The summed E-state index contributed by atoms with van der Waals surface area (Å²) in [7, 11) is 1.43. The molecule has 0 bridgehead atoms. The summed E-state index contributed by atoms with van der Waals surface area (Å²) < 4.78 is 4.10. The summed E-state index contributed by atoms with van der Waals surface area (Å²) >= 11 is 0. The molecule has 0 aliphatic heterocycles. The van der Waals surface area contributed by atoms with Crippen LogP contribution in [0.4, 0.5) is 0 Å². The highest BCUT2D eigenvalue weighted by Crippen LogP contribution is 2.09. The topological polar surface area (TPSA) is 75.7 Å². The highest BCUT2D eigenvalue weighted by molar-refractivity contribution is 5.25. The number of aliphatic hydroxyl groups excluding tert-OH is 2. The second kappa shape index (κ2) is 20.8. The molecule has 0 unspecified atom stereocenters. The van der Waals surface area contributed by atoms with Crippen LogP contribution in [0.3, 0.4) is 0 Å². The van der Waals surface area contributed by atoms with E-state index in [0.717, 1.165) is 0 Å². The van der Waals surface area contributed by atoms with Gasteiger partial charge in [0.15, 0.2) is 5.88 Å². The van der Waals surface area contributed by atoms with Gasteiger partial charge < -0.3 is 20.7 Å². The summed E-state index contributed by atoms with van der Waals surface area (Å²) in [4.78, 5) is 0. The van der Waals surface area contributed by atoms with Gasteiger partial charge in [-0.3, -0.25) is 0 Å². The lowest BCUT2D eigenvalue weighted by atomic mass is 10.0. The van der Waals surface area contributed by atoms with Crippen molar-refractivity contribution in [2.75, 3.05) is 13.9 Å². The van der Waals surface area contributed by atoms with Gasteiger partial charge in [0.1, 0.15) is 6.79 Å². The van der Waals surface area contributed by atoms with Crippen LogP contribution in [0.5, 0.6) is 0 Å². The van der Waals surface area contributed by atoms with Gasteiger partial charge in [-0.15, -0.1) is 0 Å². The van der Waals surface area contributed by atoms with Crippen molar-refractivity contribution in [1.29, 1.82) is 0 Å². The van der Waals surface area contributed by atoms with Gasteiger partial charge in [0.05, 0.1) is 0 Å². The molecule has 124 valence electrons. The van der Waals surface area contributed by atoms with E-state index in [1.807, 2.05) is 13.8 Å². The molecule has 1 aromatic rings. The van der Waals surface area contributed by atoms with E-state index in [0.29, 0.717) is 0 Å². The molecule has 0 radical (unpaired) electrons. The molecule has 0 saturated carbocycles. The third kappa shape index (κ3) is 23.9. The first-order chi connectivity index (χ1) is 9.99. The second-order valence-electron chi connectivity index (χ2n) is 3.94. The molecular formula is C17H33NO3. The molecule has 0 fully saturated rings. The van der Waals surface area contributed by atoms with Gasteiger partial charge in [-0.1, -0.05) is 51.5 Å².